The van der Waals surface area contributed by atoms with Gasteiger partial charge in [0.2, 0.25) is 0 Å². The first kappa shape index (κ1) is 18.1. The van der Waals surface area contributed by atoms with Crippen molar-refractivity contribution in [3.05, 3.63) is 0 Å². The fourth-order valence-corrected chi connectivity index (χ4v) is 1.30. The molecule has 6 heteroatoms. The van der Waals surface area contributed by atoms with E-state index in [1.807, 2.05) is 6.92 Å². The smallest absolute Gasteiger partial charge is 0.434 e. The number of carbonyl (C=O) groups excluding carboxylic acids is 1. The van der Waals surface area contributed by atoms with Crippen LogP contribution in [-0.2, 0) is 23.7 Å². The van der Waals surface area contributed by atoms with E-state index in [-0.39, 0.29) is 19.3 Å². The molecule has 0 aliphatic heterocycles. The van der Waals surface area contributed by atoms with Crippen LogP contribution < -0.4 is 0 Å². The van der Waals surface area contributed by atoms with Gasteiger partial charge in [-0.25, -0.2) is 4.79 Å². The quantitative estimate of drug-likeness (QED) is 0.402. The minimum Gasteiger partial charge on any atom is -0.434 e. The van der Waals surface area contributed by atoms with Crippen molar-refractivity contribution in [3.8, 4) is 0 Å². The number of carbonyl (C=O) groups is 1. The summed E-state index contributed by atoms with van der Waals surface area (Å²) in [5.41, 5.74) is 0. The molecule has 0 aromatic carbocycles. The van der Waals surface area contributed by atoms with Crippen LogP contribution in [0, 0.1) is 0 Å². The van der Waals surface area contributed by atoms with Crippen molar-refractivity contribution in [3.63, 3.8) is 0 Å². The fourth-order valence-electron chi connectivity index (χ4n) is 1.30. The van der Waals surface area contributed by atoms with Gasteiger partial charge in [0.25, 0.3) is 0 Å². The summed E-state index contributed by atoms with van der Waals surface area (Å²) in [7, 11) is 1.54. The van der Waals surface area contributed by atoms with Gasteiger partial charge in [-0.1, -0.05) is 6.92 Å². The molecule has 0 saturated heterocycles. The van der Waals surface area contributed by atoms with Crippen molar-refractivity contribution >= 4 is 6.16 Å². The lowest BCUT2D eigenvalue weighted by atomic mass is 10.3. The topological polar surface area (TPSA) is 63.2 Å². The van der Waals surface area contributed by atoms with Gasteiger partial charge in [0.15, 0.2) is 0 Å². The average molecular weight is 278 g/mol. The van der Waals surface area contributed by atoms with Gasteiger partial charge in [-0.15, -0.1) is 0 Å². The van der Waals surface area contributed by atoms with E-state index in [1.165, 1.54) is 7.11 Å². The SMILES string of the molecule is CCOC(CC)COCCCOC(=O)OCCOC. The highest BCUT2D eigenvalue weighted by molar-refractivity contribution is 5.59. The zero-order valence-corrected chi connectivity index (χ0v) is 12.2. The van der Waals surface area contributed by atoms with E-state index in [9.17, 15) is 4.79 Å². The molecule has 0 radical (unpaired) electrons. The van der Waals surface area contributed by atoms with Gasteiger partial charge in [0, 0.05) is 26.7 Å². The van der Waals surface area contributed by atoms with Crippen molar-refractivity contribution in [1.82, 2.24) is 0 Å². The summed E-state index contributed by atoms with van der Waals surface area (Å²) in [5.74, 6) is 0. The molecule has 0 heterocycles. The van der Waals surface area contributed by atoms with Crippen LogP contribution in [0.5, 0.6) is 0 Å². The van der Waals surface area contributed by atoms with E-state index in [1.54, 1.807) is 0 Å². The van der Waals surface area contributed by atoms with E-state index >= 15 is 0 Å². The third-order valence-electron chi connectivity index (χ3n) is 2.32. The van der Waals surface area contributed by atoms with Gasteiger partial charge in [0.05, 0.1) is 25.9 Å². The van der Waals surface area contributed by atoms with Crippen LogP contribution in [-0.4, -0.2) is 59.0 Å². The van der Waals surface area contributed by atoms with Gasteiger partial charge in [0.1, 0.15) is 6.61 Å². The second-order valence-electron chi connectivity index (χ2n) is 3.85. The van der Waals surface area contributed by atoms with Gasteiger partial charge >= 0.3 is 6.16 Å². The van der Waals surface area contributed by atoms with Crippen molar-refractivity contribution in [2.24, 2.45) is 0 Å². The number of rotatable bonds is 12. The first-order chi connectivity index (χ1) is 9.24. The van der Waals surface area contributed by atoms with Crippen molar-refractivity contribution in [1.29, 1.82) is 0 Å². The number of methoxy groups -OCH3 is 1. The maximum atomic E-state index is 11.0. The molecule has 0 saturated carbocycles. The molecule has 6 nitrogen and oxygen atoms in total. The summed E-state index contributed by atoms with van der Waals surface area (Å²) in [6, 6.07) is 0. The minimum absolute atomic E-state index is 0.143. The van der Waals surface area contributed by atoms with Crippen LogP contribution in [0.25, 0.3) is 0 Å². The first-order valence-electron chi connectivity index (χ1n) is 6.72. The van der Waals surface area contributed by atoms with Crippen LogP contribution in [0.3, 0.4) is 0 Å². The molecule has 0 rings (SSSR count). The normalized spacial score (nSPS) is 12.2. The van der Waals surface area contributed by atoms with Crippen molar-refractivity contribution in [2.75, 3.05) is 46.8 Å². The average Bonchev–Trinajstić information content (AvgIpc) is 2.41. The highest BCUT2D eigenvalue weighted by atomic mass is 16.7. The highest BCUT2D eigenvalue weighted by Crippen LogP contribution is 1.99. The van der Waals surface area contributed by atoms with Gasteiger partial charge in [-0.05, 0) is 13.3 Å². The lowest BCUT2D eigenvalue weighted by Crippen LogP contribution is -2.20. The second-order valence-corrected chi connectivity index (χ2v) is 3.85. The Morgan fingerprint density at radius 2 is 1.79 bits per heavy atom. The fraction of sp³-hybridized carbons (Fsp3) is 0.923. The molecule has 0 aliphatic rings. The van der Waals surface area contributed by atoms with Crippen LogP contribution in [0.15, 0.2) is 0 Å². The zero-order valence-electron chi connectivity index (χ0n) is 12.2. The molecule has 1 unspecified atom stereocenters. The summed E-state index contributed by atoms with van der Waals surface area (Å²) in [6.45, 7) is 6.69. The summed E-state index contributed by atoms with van der Waals surface area (Å²) in [5, 5.41) is 0. The van der Waals surface area contributed by atoms with E-state index in [2.05, 4.69) is 6.92 Å². The molecule has 114 valence electrons. The maximum Gasteiger partial charge on any atom is 0.508 e. The third-order valence-corrected chi connectivity index (χ3v) is 2.32. The molecule has 0 fully saturated rings. The Balaban J connectivity index is 3.32. The molecule has 0 aromatic heterocycles. The third kappa shape index (κ3) is 11.9. The number of hydrogen-bond donors (Lipinski definition) is 0. The summed E-state index contributed by atoms with van der Waals surface area (Å²) >= 11 is 0. The van der Waals surface area contributed by atoms with Crippen molar-refractivity contribution in [2.45, 2.75) is 32.8 Å². The van der Waals surface area contributed by atoms with E-state index in [0.717, 1.165) is 6.42 Å². The van der Waals surface area contributed by atoms with Crippen molar-refractivity contribution < 1.29 is 28.5 Å². The van der Waals surface area contributed by atoms with Gasteiger partial charge < -0.3 is 23.7 Å². The summed E-state index contributed by atoms with van der Waals surface area (Å²) < 4.78 is 25.2. The summed E-state index contributed by atoms with van der Waals surface area (Å²) in [6.07, 6.45) is 1.04. The Morgan fingerprint density at radius 1 is 1.05 bits per heavy atom. The van der Waals surface area contributed by atoms with E-state index < -0.39 is 6.16 Å². The van der Waals surface area contributed by atoms with E-state index in [4.69, 9.17) is 23.7 Å². The molecule has 0 bridgehead atoms. The minimum atomic E-state index is -0.669. The maximum absolute atomic E-state index is 11.0. The first-order valence-corrected chi connectivity index (χ1v) is 6.72. The van der Waals surface area contributed by atoms with Crippen LogP contribution in [0.4, 0.5) is 4.79 Å². The Labute approximate surface area is 115 Å². The van der Waals surface area contributed by atoms with Crippen LogP contribution in [0.1, 0.15) is 26.7 Å². The molecule has 0 N–H and O–H groups in total. The Kier molecular flexibility index (Phi) is 13.0. The molecule has 0 spiro atoms. The molecular formula is C13H26O6. The predicted octanol–water partition coefficient (Wildman–Crippen LogP) is 2.01. The highest BCUT2D eigenvalue weighted by Gasteiger charge is 2.06. The number of hydrogen-bond acceptors (Lipinski definition) is 6. The standard InChI is InChI=1S/C13H26O6/c1-4-12(17-5-2)11-16-7-6-8-18-13(14)19-10-9-15-3/h12H,4-11H2,1-3H3. The Bertz CT molecular complexity index is 209. The molecule has 0 aliphatic carbocycles. The molecule has 0 amide bonds. The predicted molar refractivity (Wildman–Crippen MR) is 70.3 cm³/mol. The molecule has 1 atom stereocenters. The van der Waals surface area contributed by atoms with Gasteiger partial charge in [-0.3, -0.25) is 0 Å². The Hall–Kier alpha value is -0.850. The lowest BCUT2D eigenvalue weighted by Gasteiger charge is -2.14. The summed E-state index contributed by atoms with van der Waals surface area (Å²) in [4.78, 5) is 11.0. The zero-order chi connectivity index (χ0) is 14.3. The van der Waals surface area contributed by atoms with Gasteiger partial charge in [-0.2, -0.15) is 0 Å². The second kappa shape index (κ2) is 13.6. The monoisotopic (exact) mass is 278 g/mol. The molecule has 19 heavy (non-hydrogen) atoms. The van der Waals surface area contributed by atoms with E-state index in [0.29, 0.717) is 32.8 Å². The van der Waals surface area contributed by atoms with Crippen LogP contribution in [0.2, 0.25) is 0 Å². The molecular weight excluding hydrogens is 252 g/mol. The van der Waals surface area contributed by atoms with Crippen LogP contribution >= 0.6 is 0 Å². The largest absolute Gasteiger partial charge is 0.508 e. The number of ether oxygens (including phenoxy) is 5. The molecule has 0 aromatic rings. The Morgan fingerprint density at radius 3 is 2.42 bits per heavy atom. The lowest BCUT2D eigenvalue weighted by molar-refractivity contribution is -0.0183.